The first-order chi connectivity index (χ1) is 14.5. The van der Waals surface area contributed by atoms with Crippen LogP contribution in [0.3, 0.4) is 0 Å². The molecule has 0 bridgehead atoms. The molecule has 3 aromatic rings. The average Bonchev–Trinajstić information content (AvgIpc) is 3.00. The number of carbonyl (C=O) groups is 3. The summed E-state index contributed by atoms with van der Waals surface area (Å²) in [6, 6.07) is 17.7. The van der Waals surface area contributed by atoms with Crippen LogP contribution >= 0.6 is 11.6 Å². The van der Waals surface area contributed by atoms with Crippen molar-refractivity contribution in [1.82, 2.24) is 0 Å². The van der Waals surface area contributed by atoms with E-state index in [9.17, 15) is 14.4 Å². The van der Waals surface area contributed by atoms with Gasteiger partial charge in [-0.2, -0.15) is 0 Å². The van der Waals surface area contributed by atoms with Crippen LogP contribution in [0.25, 0.3) is 0 Å². The number of amides is 2. The van der Waals surface area contributed by atoms with E-state index >= 15 is 0 Å². The summed E-state index contributed by atoms with van der Waals surface area (Å²) in [5.74, 6) is -0.368. The lowest BCUT2D eigenvalue weighted by Gasteiger charge is -2.14. The number of imide groups is 1. The highest BCUT2D eigenvalue weighted by Gasteiger charge is 2.37. The Morgan fingerprint density at radius 3 is 2.17 bits per heavy atom. The number of rotatable bonds is 5. The van der Waals surface area contributed by atoms with E-state index in [1.54, 1.807) is 55.5 Å². The molecule has 7 heteroatoms. The van der Waals surface area contributed by atoms with E-state index in [4.69, 9.17) is 21.1 Å². The van der Waals surface area contributed by atoms with Crippen LogP contribution in [-0.4, -0.2) is 24.4 Å². The van der Waals surface area contributed by atoms with E-state index < -0.39 is 17.8 Å². The summed E-state index contributed by atoms with van der Waals surface area (Å²) >= 11 is 5.87. The van der Waals surface area contributed by atoms with Gasteiger partial charge in [-0.3, -0.25) is 9.59 Å². The smallest absolute Gasteiger partial charge is 0.338 e. The van der Waals surface area contributed by atoms with E-state index in [0.29, 0.717) is 27.8 Å². The summed E-state index contributed by atoms with van der Waals surface area (Å²) in [6.45, 7) is 1.98. The van der Waals surface area contributed by atoms with E-state index in [1.807, 2.05) is 0 Å². The molecule has 30 heavy (non-hydrogen) atoms. The summed E-state index contributed by atoms with van der Waals surface area (Å²) in [4.78, 5) is 38.6. The van der Waals surface area contributed by atoms with Crippen molar-refractivity contribution in [3.05, 3.63) is 88.4 Å². The lowest BCUT2D eigenvalue weighted by Crippen LogP contribution is -2.29. The molecule has 0 saturated heterocycles. The predicted molar refractivity (Wildman–Crippen MR) is 112 cm³/mol. The molecule has 1 aliphatic heterocycles. The molecular formula is C23H16ClNO5. The van der Waals surface area contributed by atoms with Crippen molar-refractivity contribution in [2.24, 2.45) is 0 Å². The first kappa shape index (κ1) is 19.7. The molecule has 1 aliphatic rings. The van der Waals surface area contributed by atoms with Gasteiger partial charge in [0, 0.05) is 5.02 Å². The van der Waals surface area contributed by atoms with Crippen LogP contribution in [-0.2, 0) is 4.74 Å². The second kappa shape index (κ2) is 8.00. The second-order valence-electron chi connectivity index (χ2n) is 6.48. The number of halogens is 1. The van der Waals surface area contributed by atoms with Crippen LogP contribution in [0.4, 0.5) is 5.69 Å². The lowest BCUT2D eigenvalue weighted by molar-refractivity contribution is 0.0526. The van der Waals surface area contributed by atoms with Gasteiger partial charge in [-0.25, -0.2) is 9.69 Å². The minimum Gasteiger partial charge on any atom is -0.462 e. The van der Waals surface area contributed by atoms with Crippen molar-refractivity contribution < 1.29 is 23.9 Å². The zero-order chi connectivity index (χ0) is 21.3. The highest BCUT2D eigenvalue weighted by molar-refractivity contribution is 6.34. The molecule has 4 rings (SSSR count). The van der Waals surface area contributed by atoms with Crippen LogP contribution in [0.2, 0.25) is 5.02 Å². The summed E-state index contributed by atoms with van der Waals surface area (Å²) in [6.07, 6.45) is 0. The fourth-order valence-corrected chi connectivity index (χ4v) is 3.24. The molecule has 0 N–H and O–H groups in total. The Hall–Kier alpha value is -3.64. The van der Waals surface area contributed by atoms with Gasteiger partial charge in [0.15, 0.2) is 0 Å². The third-order valence-corrected chi connectivity index (χ3v) is 4.80. The highest BCUT2D eigenvalue weighted by atomic mass is 35.5. The number of hydrogen-bond acceptors (Lipinski definition) is 5. The Balaban J connectivity index is 1.58. The number of anilines is 1. The van der Waals surface area contributed by atoms with Gasteiger partial charge in [0.2, 0.25) is 0 Å². The Morgan fingerprint density at radius 1 is 0.867 bits per heavy atom. The van der Waals surface area contributed by atoms with Gasteiger partial charge in [0.25, 0.3) is 11.8 Å². The number of hydrogen-bond donors (Lipinski definition) is 0. The molecule has 6 nitrogen and oxygen atoms in total. The molecule has 3 aromatic carbocycles. The van der Waals surface area contributed by atoms with Crippen molar-refractivity contribution in [3.8, 4) is 11.5 Å². The summed E-state index contributed by atoms with van der Waals surface area (Å²) in [5, 5.41) is 0.585. The summed E-state index contributed by atoms with van der Waals surface area (Å²) in [7, 11) is 0. The van der Waals surface area contributed by atoms with Gasteiger partial charge in [-0.05, 0) is 73.7 Å². The normalized spacial score (nSPS) is 12.7. The third-order valence-electron chi connectivity index (χ3n) is 4.54. The third kappa shape index (κ3) is 3.65. The number of ether oxygens (including phenoxy) is 2. The molecule has 1 heterocycles. The van der Waals surface area contributed by atoms with Crippen LogP contribution in [0.15, 0.2) is 66.7 Å². The molecule has 150 valence electrons. The average molecular weight is 422 g/mol. The predicted octanol–water partition coefficient (Wildman–Crippen LogP) is 5.11. The van der Waals surface area contributed by atoms with E-state index in [-0.39, 0.29) is 17.7 Å². The largest absolute Gasteiger partial charge is 0.462 e. The fraction of sp³-hybridized carbons (Fsp3) is 0.0870. The maximum absolute atomic E-state index is 12.9. The second-order valence-corrected chi connectivity index (χ2v) is 6.91. The van der Waals surface area contributed by atoms with Crippen LogP contribution in [0.1, 0.15) is 38.0 Å². The molecule has 0 atom stereocenters. The fourth-order valence-electron chi connectivity index (χ4n) is 3.12. The number of benzene rings is 3. The molecule has 0 spiro atoms. The first-order valence-electron chi connectivity index (χ1n) is 9.21. The minimum atomic E-state index is -0.463. The van der Waals surface area contributed by atoms with E-state index in [1.165, 1.54) is 18.2 Å². The first-order valence-corrected chi connectivity index (χ1v) is 9.59. The minimum absolute atomic E-state index is 0.251. The number of nitrogens with zero attached hydrogens (tertiary/aromatic N) is 1. The lowest BCUT2D eigenvalue weighted by atomic mass is 10.1. The quantitative estimate of drug-likeness (QED) is 0.423. The molecular weight excluding hydrogens is 406 g/mol. The summed E-state index contributed by atoms with van der Waals surface area (Å²) < 4.78 is 10.7. The molecule has 0 aliphatic carbocycles. The Kier molecular flexibility index (Phi) is 5.25. The van der Waals surface area contributed by atoms with Gasteiger partial charge in [0.05, 0.1) is 29.0 Å². The van der Waals surface area contributed by atoms with E-state index in [0.717, 1.165) is 4.90 Å². The topological polar surface area (TPSA) is 72.9 Å². The van der Waals surface area contributed by atoms with Gasteiger partial charge < -0.3 is 9.47 Å². The van der Waals surface area contributed by atoms with Crippen molar-refractivity contribution in [1.29, 1.82) is 0 Å². The van der Waals surface area contributed by atoms with Crippen LogP contribution < -0.4 is 9.64 Å². The maximum atomic E-state index is 12.9. The van der Waals surface area contributed by atoms with Crippen molar-refractivity contribution >= 4 is 35.1 Å². The van der Waals surface area contributed by atoms with Crippen LogP contribution in [0, 0.1) is 0 Å². The van der Waals surface area contributed by atoms with E-state index in [2.05, 4.69) is 0 Å². The van der Waals surface area contributed by atoms with Gasteiger partial charge in [-0.1, -0.05) is 11.6 Å². The molecule has 2 amide bonds. The molecule has 0 aromatic heterocycles. The summed E-state index contributed by atoms with van der Waals surface area (Å²) in [5.41, 5.74) is 1.25. The van der Waals surface area contributed by atoms with Gasteiger partial charge in [0.1, 0.15) is 11.5 Å². The zero-order valence-electron chi connectivity index (χ0n) is 15.9. The highest BCUT2D eigenvalue weighted by Crippen LogP contribution is 2.32. The Bertz CT molecular complexity index is 1140. The number of fused-ring (bicyclic) bond motifs is 1. The van der Waals surface area contributed by atoms with Crippen molar-refractivity contribution in [3.63, 3.8) is 0 Å². The standard InChI is InChI=1S/C23H16ClNO5/c1-2-29-23(28)14-3-7-16(8-4-14)25-21(26)19-12-11-18(13-20(19)22(25)27)30-17-9-5-15(24)6-10-17/h3-13H,2H2,1H3. The molecule has 0 unspecified atom stereocenters. The molecule has 0 radical (unpaired) electrons. The number of esters is 1. The monoisotopic (exact) mass is 421 g/mol. The van der Waals surface area contributed by atoms with Gasteiger partial charge >= 0.3 is 5.97 Å². The molecule has 0 saturated carbocycles. The van der Waals surface area contributed by atoms with Crippen molar-refractivity contribution in [2.75, 3.05) is 11.5 Å². The van der Waals surface area contributed by atoms with Crippen molar-refractivity contribution in [2.45, 2.75) is 6.92 Å². The van der Waals surface area contributed by atoms with Gasteiger partial charge in [-0.15, -0.1) is 0 Å². The Morgan fingerprint density at radius 2 is 1.50 bits per heavy atom. The van der Waals surface area contributed by atoms with Crippen LogP contribution in [0.5, 0.6) is 11.5 Å². The Labute approximate surface area is 177 Å². The molecule has 0 fully saturated rings. The maximum Gasteiger partial charge on any atom is 0.338 e. The SMILES string of the molecule is CCOC(=O)c1ccc(N2C(=O)c3ccc(Oc4ccc(Cl)cc4)cc3C2=O)cc1. The zero-order valence-corrected chi connectivity index (χ0v) is 16.7. The number of carbonyl (C=O) groups excluding carboxylic acids is 3.